The first-order valence-electron chi connectivity index (χ1n) is 7.39. The van der Waals surface area contributed by atoms with Gasteiger partial charge in [0.25, 0.3) is 0 Å². The number of carbonyl (C=O) groups is 2. The average Bonchev–Trinajstić information content (AvgIpc) is 2.84. The molecule has 2 atom stereocenters. The number of carbonyl (C=O) groups excluding carboxylic acids is 1. The van der Waals surface area contributed by atoms with E-state index in [0.717, 1.165) is 5.56 Å². The third-order valence-electron chi connectivity index (χ3n) is 4.39. The smallest absolute Gasteiger partial charge is 0.311 e. The van der Waals surface area contributed by atoms with Crippen LogP contribution < -0.4 is 0 Å². The van der Waals surface area contributed by atoms with Crippen LogP contribution in [0.2, 0.25) is 0 Å². The van der Waals surface area contributed by atoms with Gasteiger partial charge < -0.3 is 10.0 Å². The number of nitrogens with zero attached hydrogens (tertiary/aromatic N) is 1. The third-order valence-corrected chi connectivity index (χ3v) is 4.39. The number of hydrogen-bond donors (Lipinski definition) is 1. The van der Waals surface area contributed by atoms with Gasteiger partial charge in [0.2, 0.25) is 5.91 Å². The van der Waals surface area contributed by atoms with Crippen LogP contribution in [0.15, 0.2) is 24.3 Å². The summed E-state index contributed by atoms with van der Waals surface area (Å²) in [6, 6.07) is 8.18. The van der Waals surface area contributed by atoms with E-state index in [9.17, 15) is 14.7 Å². The molecular weight excluding hydrogens is 266 g/mol. The third kappa shape index (κ3) is 3.43. The van der Waals surface area contributed by atoms with E-state index in [4.69, 9.17) is 0 Å². The Morgan fingerprint density at radius 1 is 1.33 bits per heavy atom. The zero-order valence-electron chi connectivity index (χ0n) is 12.9. The molecule has 0 saturated carbocycles. The Morgan fingerprint density at radius 3 is 2.48 bits per heavy atom. The molecule has 1 amide bonds. The quantitative estimate of drug-likeness (QED) is 0.926. The molecule has 1 fully saturated rings. The molecule has 1 N–H and O–H groups in total. The van der Waals surface area contributed by atoms with Gasteiger partial charge in [0, 0.05) is 19.0 Å². The fraction of sp³-hybridized carbons (Fsp3) is 0.529. The molecular formula is C17H23NO3. The van der Waals surface area contributed by atoms with Crippen LogP contribution in [0.25, 0.3) is 0 Å². The number of aryl methyl sites for hydroxylation is 1. The van der Waals surface area contributed by atoms with Crippen LogP contribution in [0.5, 0.6) is 0 Å². The van der Waals surface area contributed by atoms with Gasteiger partial charge in [-0.1, -0.05) is 36.8 Å². The predicted molar refractivity (Wildman–Crippen MR) is 81.0 cm³/mol. The number of amides is 1. The Hall–Kier alpha value is -1.84. The second-order valence-electron chi connectivity index (χ2n) is 6.47. The van der Waals surface area contributed by atoms with Crippen molar-refractivity contribution in [2.75, 3.05) is 13.1 Å². The maximum Gasteiger partial charge on any atom is 0.311 e. The van der Waals surface area contributed by atoms with E-state index in [1.165, 1.54) is 5.56 Å². The van der Waals surface area contributed by atoms with Crippen LogP contribution in [-0.2, 0) is 16.0 Å². The standard InChI is InChI=1S/C17H23NO3/c1-12-4-6-14(7-5-12)10-13(2)15(19)18-9-8-17(3,11-18)16(20)21/h4-7,13H,8-11H2,1-3H3,(H,20,21). The zero-order valence-corrected chi connectivity index (χ0v) is 12.9. The lowest BCUT2D eigenvalue weighted by molar-refractivity contribution is -0.147. The van der Waals surface area contributed by atoms with Gasteiger partial charge in [-0.15, -0.1) is 0 Å². The highest BCUT2D eigenvalue weighted by atomic mass is 16.4. The summed E-state index contributed by atoms with van der Waals surface area (Å²) in [5, 5.41) is 9.23. The Balaban J connectivity index is 1.97. The Bertz CT molecular complexity index is 537. The molecule has 0 bridgehead atoms. The molecule has 1 aromatic carbocycles. The van der Waals surface area contributed by atoms with E-state index < -0.39 is 11.4 Å². The first-order chi connectivity index (χ1) is 9.82. The Kier molecular flexibility index (Phi) is 4.35. The predicted octanol–water partition coefficient (Wildman–Crippen LogP) is 2.50. The van der Waals surface area contributed by atoms with E-state index in [2.05, 4.69) is 0 Å². The molecule has 0 spiro atoms. The molecule has 1 aliphatic heterocycles. The number of rotatable bonds is 4. The molecule has 0 radical (unpaired) electrons. The fourth-order valence-corrected chi connectivity index (χ4v) is 2.80. The number of likely N-dealkylation sites (tertiary alicyclic amines) is 1. The van der Waals surface area contributed by atoms with Crippen molar-refractivity contribution in [1.29, 1.82) is 0 Å². The number of hydrogen-bond acceptors (Lipinski definition) is 2. The molecule has 0 aromatic heterocycles. The molecule has 4 nitrogen and oxygen atoms in total. The van der Waals surface area contributed by atoms with Gasteiger partial charge in [0.1, 0.15) is 0 Å². The lowest BCUT2D eigenvalue weighted by Crippen LogP contribution is -2.37. The minimum absolute atomic E-state index is 0.0561. The summed E-state index contributed by atoms with van der Waals surface area (Å²) in [6.45, 7) is 6.53. The van der Waals surface area contributed by atoms with Crippen molar-refractivity contribution in [3.8, 4) is 0 Å². The largest absolute Gasteiger partial charge is 0.481 e. The second kappa shape index (κ2) is 5.88. The van der Waals surface area contributed by atoms with Crippen molar-refractivity contribution in [2.45, 2.75) is 33.6 Å². The van der Waals surface area contributed by atoms with Gasteiger partial charge in [-0.2, -0.15) is 0 Å². The van der Waals surface area contributed by atoms with Gasteiger partial charge in [-0.05, 0) is 32.3 Å². The lowest BCUT2D eigenvalue weighted by atomic mass is 9.90. The molecule has 1 aromatic rings. The minimum Gasteiger partial charge on any atom is -0.481 e. The zero-order chi connectivity index (χ0) is 15.6. The van der Waals surface area contributed by atoms with Gasteiger partial charge >= 0.3 is 5.97 Å². The summed E-state index contributed by atoms with van der Waals surface area (Å²) < 4.78 is 0. The van der Waals surface area contributed by atoms with Crippen LogP contribution >= 0.6 is 0 Å². The van der Waals surface area contributed by atoms with Crippen molar-refractivity contribution >= 4 is 11.9 Å². The molecule has 2 unspecified atom stereocenters. The maximum atomic E-state index is 12.5. The van der Waals surface area contributed by atoms with Crippen LogP contribution in [0, 0.1) is 18.3 Å². The van der Waals surface area contributed by atoms with Crippen molar-refractivity contribution in [3.63, 3.8) is 0 Å². The Labute approximate surface area is 125 Å². The van der Waals surface area contributed by atoms with E-state index in [-0.39, 0.29) is 11.8 Å². The summed E-state index contributed by atoms with van der Waals surface area (Å²) in [5.41, 5.74) is 1.55. The molecule has 2 rings (SSSR count). The molecule has 0 aliphatic carbocycles. The van der Waals surface area contributed by atoms with E-state index in [0.29, 0.717) is 25.9 Å². The summed E-state index contributed by atoms with van der Waals surface area (Å²) >= 11 is 0. The van der Waals surface area contributed by atoms with Gasteiger partial charge in [0.15, 0.2) is 0 Å². The summed E-state index contributed by atoms with van der Waals surface area (Å²) in [4.78, 5) is 25.4. The molecule has 1 saturated heterocycles. The fourth-order valence-electron chi connectivity index (χ4n) is 2.80. The molecule has 114 valence electrons. The van der Waals surface area contributed by atoms with Crippen LogP contribution in [0.1, 0.15) is 31.4 Å². The van der Waals surface area contributed by atoms with E-state index >= 15 is 0 Å². The minimum atomic E-state index is -0.816. The molecule has 1 aliphatic rings. The van der Waals surface area contributed by atoms with Gasteiger partial charge in [0.05, 0.1) is 5.41 Å². The van der Waals surface area contributed by atoms with Crippen molar-refractivity contribution in [1.82, 2.24) is 4.90 Å². The highest BCUT2D eigenvalue weighted by molar-refractivity contribution is 5.82. The first-order valence-corrected chi connectivity index (χ1v) is 7.39. The van der Waals surface area contributed by atoms with Crippen molar-refractivity contribution in [2.24, 2.45) is 11.3 Å². The van der Waals surface area contributed by atoms with Crippen LogP contribution in [-0.4, -0.2) is 35.0 Å². The van der Waals surface area contributed by atoms with Crippen LogP contribution in [0.3, 0.4) is 0 Å². The summed E-state index contributed by atoms with van der Waals surface area (Å²) in [7, 11) is 0. The van der Waals surface area contributed by atoms with Gasteiger partial charge in [-0.3, -0.25) is 9.59 Å². The van der Waals surface area contributed by atoms with Crippen molar-refractivity contribution < 1.29 is 14.7 Å². The normalized spacial score (nSPS) is 23.1. The SMILES string of the molecule is Cc1ccc(CC(C)C(=O)N2CCC(C)(C(=O)O)C2)cc1. The van der Waals surface area contributed by atoms with E-state index in [1.54, 1.807) is 11.8 Å². The average molecular weight is 289 g/mol. The number of carboxylic acid groups (broad SMARTS) is 1. The highest BCUT2D eigenvalue weighted by Crippen LogP contribution is 2.31. The monoisotopic (exact) mass is 289 g/mol. The van der Waals surface area contributed by atoms with Crippen LogP contribution in [0.4, 0.5) is 0 Å². The molecule has 1 heterocycles. The van der Waals surface area contributed by atoms with Crippen molar-refractivity contribution in [3.05, 3.63) is 35.4 Å². The summed E-state index contributed by atoms with van der Waals surface area (Å²) in [6.07, 6.45) is 1.23. The molecule has 21 heavy (non-hydrogen) atoms. The number of benzene rings is 1. The summed E-state index contributed by atoms with van der Waals surface area (Å²) in [5.74, 6) is -0.881. The maximum absolute atomic E-state index is 12.5. The number of aliphatic carboxylic acids is 1. The second-order valence-corrected chi connectivity index (χ2v) is 6.47. The highest BCUT2D eigenvalue weighted by Gasteiger charge is 2.42. The van der Waals surface area contributed by atoms with Gasteiger partial charge in [-0.25, -0.2) is 0 Å². The topological polar surface area (TPSA) is 57.6 Å². The molecule has 4 heteroatoms. The lowest BCUT2D eigenvalue weighted by Gasteiger charge is -2.23. The number of carboxylic acids is 1. The Morgan fingerprint density at radius 2 is 1.95 bits per heavy atom. The first kappa shape index (κ1) is 15.5. The van der Waals surface area contributed by atoms with E-state index in [1.807, 2.05) is 38.1 Å².